The zero-order chi connectivity index (χ0) is 15.5. The third kappa shape index (κ3) is 2.79. The Hall–Kier alpha value is -2.43. The highest BCUT2D eigenvalue weighted by molar-refractivity contribution is 6.25. The topological polar surface area (TPSA) is 58.9 Å². The number of nitrogens with one attached hydrogen (secondary N) is 1. The van der Waals surface area contributed by atoms with Gasteiger partial charge in [0.25, 0.3) is 0 Å². The molecule has 0 fully saturated rings. The molecule has 0 spiro atoms. The van der Waals surface area contributed by atoms with Crippen molar-refractivity contribution in [3.05, 3.63) is 35.0 Å². The monoisotopic (exact) mass is 296 g/mol. The van der Waals surface area contributed by atoms with Crippen molar-refractivity contribution < 1.29 is 4.74 Å². The lowest BCUT2D eigenvalue weighted by molar-refractivity contribution is 0.400. The van der Waals surface area contributed by atoms with E-state index in [1.807, 2.05) is 19.3 Å². The van der Waals surface area contributed by atoms with Gasteiger partial charge in [0.15, 0.2) is 0 Å². The number of ether oxygens (including phenoxy) is 1. The van der Waals surface area contributed by atoms with E-state index in [1.165, 1.54) is 16.7 Å². The molecule has 0 aliphatic carbocycles. The summed E-state index contributed by atoms with van der Waals surface area (Å²) in [5, 5.41) is 3.39. The molecule has 0 amide bonds. The Morgan fingerprint density at radius 2 is 2.18 bits per heavy atom. The molecule has 1 N–H and O–H groups in total. The van der Waals surface area contributed by atoms with Gasteiger partial charge >= 0.3 is 0 Å². The zero-order valence-corrected chi connectivity index (χ0v) is 13.2. The zero-order valence-electron chi connectivity index (χ0n) is 13.2. The number of aromatic nitrogens is 1. The van der Waals surface area contributed by atoms with Crippen LogP contribution in [0.15, 0.2) is 39.5 Å². The third-order valence-corrected chi connectivity index (χ3v) is 3.87. The smallest absolute Gasteiger partial charge is 0.237 e. The molecule has 1 aromatic rings. The van der Waals surface area contributed by atoms with E-state index >= 15 is 0 Å². The van der Waals surface area contributed by atoms with Gasteiger partial charge in [-0.2, -0.15) is 0 Å². The van der Waals surface area contributed by atoms with Gasteiger partial charge < -0.3 is 10.1 Å². The maximum absolute atomic E-state index is 5.36. The van der Waals surface area contributed by atoms with Crippen LogP contribution in [0.1, 0.15) is 19.4 Å². The van der Waals surface area contributed by atoms with E-state index in [0.717, 1.165) is 36.6 Å². The van der Waals surface area contributed by atoms with Gasteiger partial charge in [-0.25, -0.2) is 4.98 Å². The van der Waals surface area contributed by atoms with Gasteiger partial charge in [0, 0.05) is 35.8 Å². The molecule has 3 heterocycles. The van der Waals surface area contributed by atoms with Crippen LogP contribution in [-0.4, -0.2) is 43.7 Å². The highest BCUT2D eigenvalue weighted by Crippen LogP contribution is 2.30. The van der Waals surface area contributed by atoms with Crippen molar-refractivity contribution in [1.29, 1.82) is 0 Å². The molecule has 0 aromatic carbocycles. The SMILES string of the molecule is COc1ncc(C2=C(C)CN=C2C)cc1NCC1=CCN=C1. The fourth-order valence-electron chi connectivity index (χ4n) is 2.75. The minimum Gasteiger partial charge on any atom is -0.480 e. The molecule has 0 saturated heterocycles. The van der Waals surface area contributed by atoms with Gasteiger partial charge in [-0.1, -0.05) is 6.08 Å². The molecule has 2 aliphatic rings. The lowest BCUT2D eigenvalue weighted by Crippen LogP contribution is -2.08. The number of allylic oxidation sites excluding steroid dienone is 1. The highest BCUT2D eigenvalue weighted by Gasteiger charge is 2.17. The van der Waals surface area contributed by atoms with Gasteiger partial charge in [-0.15, -0.1) is 0 Å². The lowest BCUT2D eigenvalue weighted by Gasteiger charge is -2.13. The summed E-state index contributed by atoms with van der Waals surface area (Å²) in [6.45, 7) is 6.43. The number of methoxy groups -OCH3 is 1. The van der Waals surface area contributed by atoms with E-state index in [1.54, 1.807) is 7.11 Å². The molecule has 2 aliphatic heterocycles. The quantitative estimate of drug-likeness (QED) is 0.909. The summed E-state index contributed by atoms with van der Waals surface area (Å²) in [6, 6.07) is 2.08. The van der Waals surface area contributed by atoms with Crippen LogP contribution in [-0.2, 0) is 0 Å². The fourth-order valence-corrected chi connectivity index (χ4v) is 2.75. The van der Waals surface area contributed by atoms with E-state index in [9.17, 15) is 0 Å². The van der Waals surface area contributed by atoms with Crippen molar-refractivity contribution in [3.8, 4) is 5.88 Å². The molecule has 0 radical (unpaired) electrons. The molecule has 22 heavy (non-hydrogen) atoms. The average Bonchev–Trinajstić information content (AvgIpc) is 3.15. The third-order valence-electron chi connectivity index (χ3n) is 3.87. The van der Waals surface area contributed by atoms with Crippen molar-refractivity contribution in [3.63, 3.8) is 0 Å². The summed E-state index contributed by atoms with van der Waals surface area (Å²) in [6.07, 6.45) is 5.86. The molecule has 0 saturated carbocycles. The first-order valence-electron chi connectivity index (χ1n) is 7.37. The number of pyridine rings is 1. The molecule has 1 aromatic heterocycles. The second kappa shape index (κ2) is 6.13. The number of aliphatic imine (C=N–C) groups is 2. The molecule has 114 valence electrons. The summed E-state index contributed by atoms with van der Waals surface area (Å²) in [5.41, 5.74) is 6.69. The Balaban J connectivity index is 1.88. The lowest BCUT2D eigenvalue weighted by atomic mass is 10.0. The Morgan fingerprint density at radius 1 is 1.32 bits per heavy atom. The molecular formula is C17H20N4O. The van der Waals surface area contributed by atoms with Gasteiger partial charge in [-0.3, -0.25) is 9.98 Å². The van der Waals surface area contributed by atoms with Crippen LogP contribution >= 0.6 is 0 Å². The van der Waals surface area contributed by atoms with E-state index in [-0.39, 0.29) is 0 Å². The fraction of sp³-hybridized carbons (Fsp3) is 0.353. The van der Waals surface area contributed by atoms with Crippen LogP contribution in [0.2, 0.25) is 0 Å². The van der Waals surface area contributed by atoms with E-state index in [2.05, 4.69) is 39.4 Å². The Labute approximate surface area is 130 Å². The first kappa shape index (κ1) is 14.5. The van der Waals surface area contributed by atoms with Gasteiger partial charge in [-0.05, 0) is 31.1 Å². The van der Waals surface area contributed by atoms with Crippen LogP contribution in [0.4, 0.5) is 5.69 Å². The Morgan fingerprint density at radius 3 is 2.82 bits per heavy atom. The maximum atomic E-state index is 5.36. The summed E-state index contributed by atoms with van der Waals surface area (Å²) in [4.78, 5) is 13.1. The summed E-state index contributed by atoms with van der Waals surface area (Å²) >= 11 is 0. The second-order valence-corrected chi connectivity index (χ2v) is 5.46. The highest BCUT2D eigenvalue weighted by atomic mass is 16.5. The van der Waals surface area contributed by atoms with Crippen molar-refractivity contribution >= 4 is 23.2 Å². The standard InChI is InChI=1S/C17H20N4O/c1-11-7-19-12(2)16(11)14-6-15(17(22-3)21-10-14)20-9-13-4-5-18-8-13/h4,6,8,10,20H,5,7,9H2,1-3H3. The molecule has 0 unspecified atom stereocenters. The number of rotatable bonds is 5. The minimum absolute atomic E-state index is 0.602. The molecule has 5 nitrogen and oxygen atoms in total. The van der Waals surface area contributed by atoms with E-state index in [4.69, 9.17) is 4.74 Å². The summed E-state index contributed by atoms with van der Waals surface area (Å²) in [5.74, 6) is 0.602. The average molecular weight is 296 g/mol. The molecular weight excluding hydrogens is 276 g/mol. The largest absolute Gasteiger partial charge is 0.480 e. The van der Waals surface area contributed by atoms with Crippen LogP contribution in [0.3, 0.4) is 0 Å². The van der Waals surface area contributed by atoms with Gasteiger partial charge in [0.05, 0.1) is 25.9 Å². The first-order valence-corrected chi connectivity index (χ1v) is 7.37. The van der Waals surface area contributed by atoms with E-state index in [0.29, 0.717) is 5.88 Å². The number of hydrogen-bond donors (Lipinski definition) is 1. The predicted molar refractivity (Wildman–Crippen MR) is 91.3 cm³/mol. The molecule has 0 atom stereocenters. The normalized spacial score (nSPS) is 16.9. The van der Waals surface area contributed by atoms with Crippen LogP contribution < -0.4 is 10.1 Å². The summed E-state index contributed by atoms with van der Waals surface area (Å²) < 4.78 is 5.36. The maximum Gasteiger partial charge on any atom is 0.237 e. The van der Waals surface area contributed by atoms with Crippen LogP contribution in [0, 0.1) is 0 Å². The number of hydrogen-bond acceptors (Lipinski definition) is 5. The van der Waals surface area contributed by atoms with Gasteiger partial charge in [0.2, 0.25) is 5.88 Å². The molecule has 5 heteroatoms. The Bertz CT molecular complexity index is 713. The van der Waals surface area contributed by atoms with Crippen molar-refractivity contribution in [2.75, 3.05) is 32.1 Å². The van der Waals surface area contributed by atoms with Crippen molar-refractivity contribution in [1.82, 2.24) is 4.98 Å². The van der Waals surface area contributed by atoms with Crippen LogP contribution in [0.5, 0.6) is 5.88 Å². The summed E-state index contributed by atoms with van der Waals surface area (Å²) in [7, 11) is 1.64. The minimum atomic E-state index is 0.602. The first-order chi connectivity index (χ1) is 10.7. The predicted octanol–water partition coefficient (Wildman–Crippen LogP) is 2.76. The number of nitrogens with zero attached hydrogens (tertiary/aromatic N) is 3. The molecule has 3 rings (SSSR count). The van der Waals surface area contributed by atoms with Gasteiger partial charge in [0.1, 0.15) is 0 Å². The van der Waals surface area contributed by atoms with Crippen LogP contribution in [0.25, 0.3) is 5.57 Å². The van der Waals surface area contributed by atoms with Crippen molar-refractivity contribution in [2.45, 2.75) is 13.8 Å². The Kier molecular flexibility index (Phi) is 4.04. The number of anilines is 1. The van der Waals surface area contributed by atoms with Crippen molar-refractivity contribution in [2.24, 2.45) is 9.98 Å². The van der Waals surface area contributed by atoms with E-state index < -0.39 is 0 Å². The molecule has 0 bridgehead atoms. The second-order valence-electron chi connectivity index (χ2n) is 5.46.